The van der Waals surface area contributed by atoms with Crippen molar-refractivity contribution in [3.8, 4) is 0 Å². The summed E-state index contributed by atoms with van der Waals surface area (Å²) in [5.41, 5.74) is 0. The molecule has 1 heterocycles. The van der Waals surface area contributed by atoms with Gasteiger partial charge in [0.05, 0.1) is 12.7 Å². The van der Waals surface area contributed by atoms with E-state index in [1.165, 1.54) is 0 Å². The van der Waals surface area contributed by atoms with E-state index in [2.05, 4.69) is 34.3 Å². The maximum absolute atomic E-state index is 5.59. The third kappa shape index (κ3) is 2.57. The summed E-state index contributed by atoms with van der Waals surface area (Å²) < 4.78 is 5.59. The van der Waals surface area contributed by atoms with E-state index < -0.39 is 0 Å². The van der Waals surface area contributed by atoms with Crippen molar-refractivity contribution in [2.24, 2.45) is 0 Å². The minimum absolute atomic E-state index is 0.348. The quantitative estimate of drug-likeness (QED) is 0.544. The molecular formula is C9H16BrNO. The Morgan fingerprint density at radius 1 is 1.75 bits per heavy atom. The Morgan fingerprint density at radius 3 is 3.08 bits per heavy atom. The van der Waals surface area contributed by atoms with Crippen molar-refractivity contribution in [1.29, 1.82) is 0 Å². The van der Waals surface area contributed by atoms with Crippen LogP contribution in [-0.4, -0.2) is 42.1 Å². The first-order valence-corrected chi connectivity index (χ1v) is 5.42. The van der Waals surface area contributed by atoms with E-state index in [1.807, 2.05) is 6.08 Å². The minimum Gasteiger partial charge on any atom is -0.374 e. The molecule has 2 atom stereocenters. The lowest BCUT2D eigenvalue weighted by atomic mass is 10.2. The number of halogens is 1. The third-order valence-electron chi connectivity index (χ3n) is 2.17. The van der Waals surface area contributed by atoms with Crippen LogP contribution in [-0.2, 0) is 4.74 Å². The van der Waals surface area contributed by atoms with Crippen LogP contribution >= 0.6 is 15.9 Å². The van der Waals surface area contributed by atoms with E-state index in [0.717, 1.165) is 25.0 Å². The summed E-state index contributed by atoms with van der Waals surface area (Å²) in [5.74, 6) is 0. The fourth-order valence-corrected chi connectivity index (χ4v) is 1.78. The monoisotopic (exact) mass is 233 g/mol. The predicted molar refractivity (Wildman–Crippen MR) is 54.8 cm³/mol. The highest BCUT2D eigenvalue weighted by molar-refractivity contribution is 9.09. The van der Waals surface area contributed by atoms with Crippen LogP contribution in [0.15, 0.2) is 12.7 Å². The number of ether oxygens (including phenoxy) is 1. The van der Waals surface area contributed by atoms with Gasteiger partial charge in [0, 0.05) is 24.5 Å². The summed E-state index contributed by atoms with van der Waals surface area (Å²) in [6, 6.07) is 0.526. The van der Waals surface area contributed by atoms with Crippen LogP contribution in [0.4, 0.5) is 0 Å². The van der Waals surface area contributed by atoms with Crippen LogP contribution in [0.1, 0.15) is 6.92 Å². The highest BCUT2D eigenvalue weighted by Crippen LogP contribution is 2.12. The van der Waals surface area contributed by atoms with Gasteiger partial charge >= 0.3 is 0 Å². The van der Waals surface area contributed by atoms with E-state index in [0.29, 0.717) is 12.1 Å². The van der Waals surface area contributed by atoms with Crippen LogP contribution in [0, 0.1) is 0 Å². The van der Waals surface area contributed by atoms with E-state index >= 15 is 0 Å². The van der Waals surface area contributed by atoms with Gasteiger partial charge in [-0.25, -0.2) is 0 Å². The Kier molecular flexibility index (Phi) is 4.26. The fraction of sp³-hybridized carbons (Fsp3) is 0.778. The van der Waals surface area contributed by atoms with Gasteiger partial charge in [0.15, 0.2) is 0 Å². The maximum Gasteiger partial charge on any atom is 0.0799 e. The lowest BCUT2D eigenvalue weighted by Gasteiger charge is -2.36. The fourth-order valence-electron chi connectivity index (χ4n) is 1.39. The molecule has 0 radical (unpaired) electrons. The average Bonchev–Trinajstić information content (AvgIpc) is 2.09. The van der Waals surface area contributed by atoms with E-state index in [-0.39, 0.29) is 0 Å². The molecule has 1 saturated heterocycles. The van der Waals surface area contributed by atoms with Crippen LogP contribution in [0.2, 0.25) is 0 Å². The standard InChI is InChI=1S/C9H16BrNO/c1-3-4-11-6-9(5-10)12-7-8(11)2/h3,8-9H,1,4-7H2,2H3. The van der Waals surface area contributed by atoms with E-state index in [1.54, 1.807) is 0 Å². The molecule has 12 heavy (non-hydrogen) atoms. The number of hydrogen-bond donors (Lipinski definition) is 0. The van der Waals surface area contributed by atoms with Gasteiger partial charge in [-0.2, -0.15) is 0 Å². The largest absolute Gasteiger partial charge is 0.374 e. The summed E-state index contributed by atoms with van der Waals surface area (Å²) in [7, 11) is 0. The molecule has 0 bridgehead atoms. The van der Waals surface area contributed by atoms with Crippen LogP contribution < -0.4 is 0 Å². The average molecular weight is 234 g/mol. The molecule has 1 aliphatic heterocycles. The molecule has 2 nitrogen and oxygen atoms in total. The van der Waals surface area contributed by atoms with Crippen molar-refractivity contribution < 1.29 is 4.74 Å². The van der Waals surface area contributed by atoms with Crippen molar-refractivity contribution in [3.05, 3.63) is 12.7 Å². The Bertz CT molecular complexity index is 151. The van der Waals surface area contributed by atoms with Gasteiger partial charge in [-0.1, -0.05) is 22.0 Å². The number of rotatable bonds is 3. The molecular weight excluding hydrogens is 218 g/mol. The van der Waals surface area contributed by atoms with Crippen molar-refractivity contribution in [3.63, 3.8) is 0 Å². The number of hydrogen-bond acceptors (Lipinski definition) is 2. The Hall–Kier alpha value is 0.140. The first-order chi connectivity index (χ1) is 5.77. The van der Waals surface area contributed by atoms with Gasteiger partial charge < -0.3 is 4.74 Å². The van der Waals surface area contributed by atoms with Gasteiger partial charge in [-0.05, 0) is 6.92 Å². The molecule has 3 heteroatoms. The van der Waals surface area contributed by atoms with Crippen molar-refractivity contribution in [2.75, 3.05) is 25.0 Å². The molecule has 0 spiro atoms. The highest BCUT2D eigenvalue weighted by atomic mass is 79.9. The van der Waals surface area contributed by atoms with E-state index in [9.17, 15) is 0 Å². The summed E-state index contributed by atoms with van der Waals surface area (Å²) >= 11 is 3.43. The summed E-state index contributed by atoms with van der Waals surface area (Å²) in [6.45, 7) is 8.75. The van der Waals surface area contributed by atoms with Gasteiger partial charge in [0.25, 0.3) is 0 Å². The Labute approximate surface area is 82.7 Å². The second-order valence-electron chi connectivity index (χ2n) is 3.20. The Morgan fingerprint density at radius 2 is 2.50 bits per heavy atom. The SMILES string of the molecule is C=CCN1CC(CBr)OCC1C. The smallest absolute Gasteiger partial charge is 0.0799 e. The number of morpholine rings is 1. The van der Waals surface area contributed by atoms with Gasteiger partial charge in [0.2, 0.25) is 0 Å². The van der Waals surface area contributed by atoms with Crippen LogP contribution in [0.3, 0.4) is 0 Å². The molecule has 1 aliphatic rings. The van der Waals surface area contributed by atoms with E-state index in [4.69, 9.17) is 4.74 Å². The number of alkyl halides is 1. The van der Waals surface area contributed by atoms with Crippen LogP contribution in [0.25, 0.3) is 0 Å². The highest BCUT2D eigenvalue weighted by Gasteiger charge is 2.23. The van der Waals surface area contributed by atoms with Gasteiger partial charge in [0.1, 0.15) is 0 Å². The third-order valence-corrected chi connectivity index (χ3v) is 2.89. The summed E-state index contributed by atoms with van der Waals surface area (Å²) in [5, 5.41) is 0.924. The molecule has 0 saturated carbocycles. The molecule has 0 aromatic rings. The van der Waals surface area contributed by atoms with Crippen LogP contribution in [0.5, 0.6) is 0 Å². The molecule has 0 amide bonds. The van der Waals surface area contributed by atoms with Crippen molar-refractivity contribution >= 4 is 15.9 Å². The minimum atomic E-state index is 0.348. The summed E-state index contributed by atoms with van der Waals surface area (Å²) in [6.07, 6.45) is 2.30. The van der Waals surface area contributed by atoms with Gasteiger partial charge in [-0.15, -0.1) is 6.58 Å². The topological polar surface area (TPSA) is 12.5 Å². The maximum atomic E-state index is 5.59. The molecule has 1 rings (SSSR count). The zero-order valence-corrected chi connectivity index (χ0v) is 9.09. The second-order valence-corrected chi connectivity index (χ2v) is 3.85. The first-order valence-electron chi connectivity index (χ1n) is 4.30. The molecule has 2 unspecified atom stereocenters. The zero-order valence-electron chi connectivity index (χ0n) is 7.50. The molecule has 70 valence electrons. The molecule has 0 N–H and O–H groups in total. The zero-order chi connectivity index (χ0) is 8.97. The summed E-state index contributed by atoms with van der Waals surface area (Å²) in [4.78, 5) is 2.39. The predicted octanol–water partition coefficient (Wildman–Crippen LogP) is 1.66. The normalized spacial score (nSPS) is 31.8. The van der Waals surface area contributed by atoms with Crippen molar-refractivity contribution in [1.82, 2.24) is 4.90 Å². The van der Waals surface area contributed by atoms with Gasteiger partial charge in [-0.3, -0.25) is 4.90 Å². The first kappa shape index (κ1) is 10.2. The van der Waals surface area contributed by atoms with Crippen molar-refractivity contribution in [2.45, 2.75) is 19.1 Å². The molecule has 0 aromatic carbocycles. The second kappa shape index (κ2) is 5.00. The lowest BCUT2D eigenvalue weighted by molar-refractivity contribution is -0.0419. The number of nitrogens with zero attached hydrogens (tertiary/aromatic N) is 1. The Balaban J connectivity index is 2.41. The molecule has 0 aromatic heterocycles. The lowest BCUT2D eigenvalue weighted by Crippen LogP contribution is -2.48. The molecule has 1 fully saturated rings. The molecule has 0 aliphatic carbocycles.